The van der Waals surface area contributed by atoms with E-state index in [1.54, 1.807) is 6.20 Å². The van der Waals surface area contributed by atoms with E-state index in [1.807, 2.05) is 80.6 Å². The van der Waals surface area contributed by atoms with Crippen LogP contribution in [0.15, 0.2) is 120 Å². The molecule has 0 amide bonds. The molecule has 5 heteroatoms. The Morgan fingerprint density at radius 2 is 1.52 bits per heavy atom. The Balaban J connectivity index is 0.000000207. The third-order valence-electron chi connectivity index (χ3n) is 8.00. The average Bonchev–Trinajstić information content (AvgIpc) is 3.43. The minimum Gasteiger partial charge on any atom is -0.477 e. The molecule has 1 radical (unpaired) electrons. The van der Waals surface area contributed by atoms with Crippen LogP contribution in [-0.4, -0.2) is 23.2 Å². The van der Waals surface area contributed by atoms with Gasteiger partial charge in [0, 0.05) is 27.7 Å². The predicted octanol–water partition coefficient (Wildman–Crippen LogP) is 10.6. The van der Waals surface area contributed by atoms with Crippen molar-refractivity contribution in [3.63, 3.8) is 0 Å². The molecule has 0 saturated carbocycles. The van der Waals surface area contributed by atoms with Gasteiger partial charge in [0.1, 0.15) is 5.58 Å². The molecular weight excluding hydrogens is 801 g/mol. The van der Waals surface area contributed by atoms with Crippen LogP contribution in [0.1, 0.15) is 32.2 Å². The van der Waals surface area contributed by atoms with Crippen molar-refractivity contribution in [3.8, 4) is 33.6 Å². The van der Waals surface area contributed by atoms with Crippen LogP contribution in [0.3, 0.4) is 0 Å². The molecule has 46 heavy (non-hydrogen) atoms. The quantitative estimate of drug-likeness (QED) is 0.128. The van der Waals surface area contributed by atoms with Crippen LogP contribution in [0.25, 0.3) is 55.6 Å². The van der Waals surface area contributed by atoms with E-state index in [2.05, 4.69) is 88.9 Å². The van der Waals surface area contributed by atoms with Gasteiger partial charge in [0.2, 0.25) is 0 Å². The van der Waals surface area contributed by atoms with Crippen LogP contribution < -0.4 is 4.40 Å². The van der Waals surface area contributed by atoms with E-state index in [0.29, 0.717) is 0 Å². The first-order valence-electron chi connectivity index (χ1n) is 15.8. The van der Waals surface area contributed by atoms with E-state index in [9.17, 15) is 0 Å². The normalized spacial score (nSPS) is 11.8. The second-order valence-electron chi connectivity index (χ2n) is 12.6. The van der Waals surface area contributed by atoms with Crippen molar-refractivity contribution in [3.05, 3.63) is 139 Å². The van der Waals surface area contributed by atoms with Gasteiger partial charge in [-0.3, -0.25) is 0 Å². The summed E-state index contributed by atoms with van der Waals surface area (Å²) in [6, 6.07) is 41.2. The number of aryl methyl sites for hydroxylation is 1. The fraction of sp³-hybridized carbons (Fsp3) is 0.171. The minimum atomic E-state index is -1.77. The largest absolute Gasteiger partial charge is 0.477 e. The molecule has 7 aromatic rings. The van der Waals surface area contributed by atoms with Gasteiger partial charge >= 0.3 is 106 Å². The number of furan rings is 1. The number of aromatic nitrogens is 2. The number of hydrogen-bond donors (Lipinski definition) is 0. The number of nitrogens with zero attached hydrogens (tertiary/aromatic N) is 2. The molecule has 233 valence electrons. The van der Waals surface area contributed by atoms with Gasteiger partial charge in [-0.05, 0) is 40.1 Å². The van der Waals surface area contributed by atoms with Crippen LogP contribution >= 0.6 is 0 Å². The van der Waals surface area contributed by atoms with Crippen molar-refractivity contribution in [1.29, 1.82) is 0 Å². The average molecular weight is 841 g/mol. The number of para-hydroxylation sites is 1. The Bertz CT molecular complexity index is 2130. The summed E-state index contributed by atoms with van der Waals surface area (Å²) in [5, 5.41) is 2.14. The van der Waals surface area contributed by atoms with E-state index < -0.39 is 19.2 Å². The van der Waals surface area contributed by atoms with Crippen LogP contribution in [0, 0.1) is 19.1 Å². The fourth-order valence-electron chi connectivity index (χ4n) is 5.69. The molecule has 0 N–H and O–H groups in total. The van der Waals surface area contributed by atoms with Crippen LogP contribution in [0.2, 0.25) is 17.3 Å². The third kappa shape index (κ3) is 7.26. The van der Waals surface area contributed by atoms with Crippen molar-refractivity contribution in [2.45, 2.75) is 43.9 Å². The van der Waals surface area contributed by atoms with Crippen LogP contribution in [0.4, 0.5) is 0 Å². The fourth-order valence-corrected chi connectivity index (χ4v) is 9.27. The number of pyridine rings is 2. The number of hydrogen-bond acceptors (Lipinski definition) is 3. The van der Waals surface area contributed by atoms with Gasteiger partial charge in [-0.2, -0.15) is 0 Å². The molecule has 3 nitrogen and oxygen atoms in total. The second kappa shape index (κ2) is 14.3. The molecule has 0 spiro atoms. The molecule has 0 bridgehead atoms. The Labute approximate surface area is 290 Å². The molecule has 3 heterocycles. The zero-order valence-corrected chi connectivity index (χ0v) is 31.6. The molecule has 4 aromatic carbocycles. The second-order valence-corrected chi connectivity index (χ2v) is 23.2. The number of benzene rings is 4. The summed E-state index contributed by atoms with van der Waals surface area (Å²) in [6.45, 7) is 5.96. The summed E-state index contributed by atoms with van der Waals surface area (Å²) in [5.74, 6) is 6.51. The third-order valence-corrected chi connectivity index (χ3v) is 12.5. The van der Waals surface area contributed by atoms with E-state index in [-0.39, 0.29) is 20.1 Å². The zero-order chi connectivity index (χ0) is 32.5. The molecule has 0 aliphatic carbocycles. The molecule has 3 aromatic heterocycles. The van der Waals surface area contributed by atoms with Crippen molar-refractivity contribution in [1.82, 2.24) is 9.97 Å². The van der Waals surface area contributed by atoms with Gasteiger partial charge in [-0.1, -0.05) is 85.6 Å². The summed E-state index contributed by atoms with van der Waals surface area (Å²) in [5.41, 5.74) is 9.84. The summed E-state index contributed by atoms with van der Waals surface area (Å²) < 4.78 is 16.0. The van der Waals surface area contributed by atoms with Gasteiger partial charge in [0.25, 0.3) is 0 Å². The van der Waals surface area contributed by atoms with Crippen molar-refractivity contribution in [2.24, 2.45) is 0 Å². The van der Waals surface area contributed by atoms with Crippen molar-refractivity contribution < 1.29 is 25.9 Å². The maximum absolute atomic E-state index is 8.36. The van der Waals surface area contributed by atoms with E-state index >= 15 is 0 Å². The van der Waals surface area contributed by atoms with Crippen molar-refractivity contribution >= 4 is 39.6 Å². The van der Waals surface area contributed by atoms with Crippen molar-refractivity contribution in [2.75, 3.05) is 0 Å². The van der Waals surface area contributed by atoms with Gasteiger partial charge in [0.05, 0.1) is 5.58 Å². The summed E-state index contributed by atoms with van der Waals surface area (Å²) in [4.78, 5) is 9.15. The Morgan fingerprint density at radius 3 is 2.22 bits per heavy atom. The minimum absolute atomic E-state index is 0. The first kappa shape index (κ1) is 32.1. The van der Waals surface area contributed by atoms with E-state index in [4.69, 9.17) is 5.79 Å². The molecule has 0 atom stereocenters. The monoisotopic (exact) mass is 842 g/mol. The molecule has 0 aliphatic rings. The topological polar surface area (TPSA) is 38.9 Å². The standard InChI is InChI=1S/C26H20NO.C15H18GeN.Ir/c1-17(2)19-12-13-27-23(15-19)20-14-22(18-8-4-3-5-9-18)26-21-10-6-7-11-24(21)28-25(26)16-20;1-12-10-15(13-8-6-5-7-9-13)17-11-14(12)16(2,3)4;/h3-15,17H,1-2H3;5-8,10-11H,1-4H3;/q2*-1;/i17D;;. The number of rotatable bonds is 5. The maximum atomic E-state index is 8.36. The van der Waals surface area contributed by atoms with Gasteiger partial charge < -0.3 is 9.40 Å². The first-order chi connectivity index (χ1) is 22.0. The molecule has 0 aliphatic heterocycles. The maximum Gasteiger partial charge on any atom is 0.123 e. The SMILES string of the molecule is Cc1cc(-c2[c-]cccc2)nc[c]1[Ge]([CH3])([CH3])[CH3].[2H]C(C)(C)c1ccnc(-c2[c-]c3oc4ccccc4c3c(-c3ccccc3)c2)c1.[Ir]. The van der Waals surface area contributed by atoms with E-state index in [0.717, 1.165) is 61.1 Å². The Morgan fingerprint density at radius 1 is 0.804 bits per heavy atom. The molecule has 0 unspecified atom stereocenters. The molecule has 0 fully saturated rings. The predicted molar refractivity (Wildman–Crippen MR) is 192 cm³/mol. The molecule has 7 rings (SSSR count). The first-order valence-corrected chi connectivity index (χ1v) is 22.7. The van der Waals surface area contributed by atoms with Crippen LogP contribution in [-0.2, 0) is 20.1 Å². The summed E-state index contributed by atoms with van der Waals surface area (Å²) in [7, 11) is 0. The van der Waals surface area contributed by atoms with Gasteiger partial charge in [-0.25, -0.2) is 0 Å². The molecule has 0 saturated heterocycles. The van der Waals surface area contributed by atoms with Crippen LogP contribution in [0.5, 0.6) is 0 Å². The Kier molecular flexibility index (Phi) is 9.98. The molecular formula is C41H38GeIrN2O-2. The number of fused-ring (bicyclic) bond motifs is 3. The smallest absolute Gasteiger partial charge is 0.123 e. The van der Waals surface area contributed by atoms with Gasteiger partial charge in [0.15, 0.2) is 0 Å². The Hall–Kier alpha value is -3.83. The summed E-state index contributed by atoms with van der Waals surface area (Å²) in [6.07, 6.45) is 3.84. The zero-order valence-electron chi connectivity index (χ0n) is 28.1. The van der Waals surface area contributed by atoms with E-state index in [1.165, 1.54) is 9.96 Å². The summed E-state index contributed by atoms with van der Waals surface area (Å²) >= 11 is -1.77. The van der Waals surface area contributed by atoms with Gasteiger partial charge in [-0.15, -0.1) is 11.6 Å².